The number of piperazine rings is 1. The fourth-order valence-electron chi connectivity index (χ4n) is 2.99. The van der Waals surface area contributed by atoms with Crippen molar-refractivity contribution in [1.29, 1.82) is 0 Å². The van der Waals surface area contributed by atoms with Crippen LogP contribution in [0.1, 0.15) is 12.1 Å². The molecule has 0 atom stereocenters. The fourth-order valence-corrected chi connectivity index (χ4v) is 2.99. The summed E-state index contributed by atoms with van der Waals surface area (Å²) in [6, 6.07) is 4.57. The molecular formula is C16H22FN3O2. The first-order chi connectivity index (χ1) is 10.8. The lowest BCUT2D eigenvalue weighted by molar-refractivity contribution is 0.112. The van der Waals surface area contributed by atoms with Crippen molar-refractivity contribution in [3.8, 4) is 0 Å². The van der Waals surface area contributed by atoms with Gasteiger partial charge in [0.2, 0.25) is 0 Å². The van der Waals surface area contributed by atoms with Crippen molar-refractivity contribution in [3.63, 3.8) is 0 Å². The molecule has 0 unspecified atom stereocenters. The number of fused-ring (bicyclic) bond motifs is 1. The van der Waals surface area contributed by atoms with Gasteiger partial charge in [0.05, 0.1) is 12.3 Å². The second-order valence-electron chi connectivity index (χ2n) is 5.78. The van der Waals surface area contributed by atoms with Crippen LogP contribution in [0.2, 0.25) is 0 Å². The lowest BCUT2D eigenvalue weighted by Gasteiger charge is -2.34. The molecule has 120 valence electrons. The molecule has 1 fully saturated rings. The molecule has 1 N–H and O–H groups in total. The van der Waals surface area contributed by atoms with E-state index >= 15 is 0 Å². The Labute approximate surface area is 129 Å². The van der Waals surface area contributed by atoms with Gasteiger partial charge in [-0.05, 0) is 31.5 Å². The highest BCUT2D eigenvalue weighted by molar-refractivity contribution is 5.79. The highest BCUT2D eigenvalue weighted by atomic mass is 19.1. The number of aliphatic hydroxyl groups excluding tert-OH is 1. The van der Waals surface area contributed by atoms with Crippen LogP contribution in [0.25, 0.3) is 11.0 Å². The van der Waals surface area contributed by atoms with E-state index < -0.39 is 0 Å². The molecule has 1 aromatic heterocycles. The van der Waals surface area contributed by atoms with E-state index in [-0.39, 0.29) is 12.4 Å². The normalized spacial score (nSPS) is 17.4. The Morgan fingerprint density at radius 1 is 1.14 bits per heavy atom. The van der Waals surface area contributed by atoms with E-state index in [2.05, 4.69) is 15.0 Å². The van der Waals surface area contributed by atoms with Gasteiger partial charge in [0.15, 0.2) is 5.58 Å². The molecule has 22 heavy (non-hydrogen) atoms. The maximum absolute atomic E-state index is 13.1. The lowest BCUT2D eigenvalue weighted by atomic mass is 10.1. The van der Waals surface area contributed by atoms with Gasteiger partial charge in [0.1, 0.15) is 5.82 Å². The van der Waals surface area contributed by atoms with E-state index in [1.54, 1.807) is 6.07 Å². The summed E-state index contributed by atoms with van der Waals surface area (Å²) in [6.07, 6.45) is 1.86. The summed E-state index contributed by atoms with van der Waals surface area (Å²) in [7, 11) is 0. The third-order valence-corrected chi connectivity index (χ3v) is 4.28. The maximum Gasteiger partial charge on any atom is 0.170 e. The highest BCUT2D eigenvalue weighted by Crippen LogP contribution is 2.20. The minimum atomic E-state index is -0.295. The predicted octanol–water partition coefficient (Wildman–Crippen LogP) is 1.51. The van der Waals surface area contributed by atoms with E-state index in [1.165, 1.54) is 12.1 Å². The number of hydrogen-bond acceptors (Lipinski definition) is 5. The fraction of sp³-hybridized carbons (Fsp3) is 0.562. The molecule has 1 saturated heterocycles. The van der Waals surface area contributed by atoms with Crippen LogP contribution in [-0.4, -0.2) is 65.9 Å². The van der Waals surface area contributed by atoms with Gasteiger partial charge in [-0.3, -0.25) is 4.90 Å². The van der Waals surface area contributed by atoms with Crippen molar-refractivity contribution in [2.24, 2.45) is 0 Å². The molecule has 0 aliphatic carbocycles. The van der Waals surface area contributed by atoms with Crippen molar-refractivity contribution in [1.82, 2.24) is 15.0 Å². The van der Waals surface area contributed by atoms with E-state index in [4.69, 9.17) is 9.63 Å². The zero-order valence-corrected chi connectivity index (χ0v) is 12.7. The predicted molar refractivity (Wildman–Crippen MR) is 82.3 cm³/mol. The van der Waals surface area contributed by atoms with E-state index in [0.29, 0.717) is 5.58 Å². The Morgan fingerprint density at radius 2 is 1.86 bits per heavy atom. The number of aromatic nitrogens is 1. The Hall–Kier alpha value is -1.50. The van der Waals surface area contributed by atoms with Crippen molar-refractivity contribution < 1.29 is 14.0 Å². The number of rotatable bonds is 6. The monoisotopic (exact) mass is 307 g/mol. The number of aliphatic hydroxyl groups is 1. The molecule has 0 radical (unpaired) electrons. The maximum atomic E-state index is 13.1. The summed E-state index contributed by atoms with van der Waals surface area (Å²) in [4.78, 5) is 4.73. The SMILES string of the molecule is OCCN1CCN(CCCc2noc3cc(F)ccc23)CC1. The number of nitrogens with zero attached hydrogens (tertiary/aromatic N) is 3. The standard InChI is InChI=1S/C16H22FN3O2/c17-13-3-4-14-15(18-22-16(14)12-13)2-1-5-19-6-8-20(9-7-19)10-11-21/h3-4,12,21H,1-2,5-11H2. The van der Waals surface area contributed by atoms with Gasteiger partial charge in [0, 0.05) is 44.2 Å². The molecule has 0 spiro atoms. The van der Waals surface area contributed by atoms with Gasteiger partial charge in [-0.1, -0.05) is 5.16 Å². The Bertz CT molecular complexity index is 608. The summed E-state index contributed by atoms with van der Waals surface area (Å²) < 4.78 is 18.3. The van der Waals surface area contributed by atoms with Crippen LogP contribution in [-0.2, 0) is 6.42 Å². The minimum Gasteiger partial charge on any atom is -0.395 e. The van der Waals surface area contributed by atoms with Crippen LogP contribution in [0.3, 0.4) is 0 Å². The number of halogens is 1. The number of benzene rings is 1. The summed E-state index contributed by atoms with van der Waals surface area (Å²) in [5, 5.41) is 13.9. The van der Waals surface area contributed by atoms with Crippen molar-refractivity contribution >= 4 is 11.0 Å². The molecule has 5 nitrogen and oxygen atoms in total. The number of β-amino-alcohol motifs (C(OH)–C–C–N with tert-alkyl or cyclic N) is 1. The first-order valence-corrected chi connectivity index (χ1v) is 7.85. The van der Waals surface area contributed by atoms with Crippen LogP contribution in [0, 0.1) is 5.82 Å². The highest BCUT2D eigenvalue weighted by Gasteiger charge is 2.16. The second-order valence-corrected chi connectivity index (χ2v) is 5.78. The smallest absolute Gasteiger partial charge is 0.170 e. The van der Waals surface area contributed by atoms with E-state index in [1.807, 2.05) is 0 Å². The third-order valence-electron chi connectivity index (χ3n) is 4.28. The van der Waals surface area contributed by atoms with Gasteiger partial charge in [-0.25, -0.2) is 4.39 Å². The molecule has 2 heterocycles. The summed E-state index contributed by atoms with van der Waals surface area (Å²) in [5.74, 6) is -0.295. The minimum absolute atomic E-state index is 0.236. The first-order valence-electron chi connectivity index (χ1n) is 7.85. The van der Waals surface area contributed by atoms with Crippen LogP contribution in [0.5, 0.6) is 0 Å². The van der Waals surface area contributed by atoms with Crippen LogP contribution >= 0.6 is 0 Å². The molecule has 2 aromatic rings. The van der Waals surface area contributed by atoms with Gasteiger partial charge >= 0.3 is 0 Å². The number of hydrogen-bond donors (Lipinski definition) is 1. The van der Waals surface area contributed by atoms with Crippen LogP contribution in [0.4, 0.5) is 4.39 Å². The Morgan fingerprint density at radius 3 is 2.59 bits per heavy atom. The molecule has 3 rings (SSSR count). The quantitative estimate of drug-likeness (QED) is 0.877. The average Bonchev–Trinajstić information content (AvgIpc) is 2.91. The molecular weight excluding hydrogens is 285 g/mol. The zero-order chi connectivity index (χ0) is 15.4. The van der Waals surface area contributed by atoms with Gasteiger partial charge < -0.3 is 14.5 Å². The van der Waals surface area contributed by atoms with Gasteiger partial charge in [-0.15, -0.1) is 0 Å². The molecule has 1 aliphatic heterocycles. The number of aryl methyl sites for hydroxylation is 1. The van der Waals surface area contributed by atoms with Gasteiger partial charge in [0.25, 0.3) is 0 Å². The average molecular weight is 307 g/mol. The molecule has 1 aromatic carbocycles. The van der Waals surface area contributed by atoms with Crippen LogP contribution in [0.15, 0.2) is 22.7 Å². The Kier molecular flexibility index (Phi) is 5.02. The zero-order valence-electron chi connectivity index (χ0n) is 12.7. The molecule has 1 aliphatic rings. The molecule has 6 heteroatoms. The van der Waals surface area contributed by atoms with Crippen molar-refractivity contribution in [3.05, 3.63) is 29.7 Å². The van der Waals surface area contributed by atoms with Crippen LogP contribution < -0.4 is 0 Å². The van der Waals surface area contributed by atoms with Crippen molar-refractivity contribution in [2.75, 3.05) is 45.9 Å². The molecule has 0 bridgehead atoms. The Balaban J connectivity index is 1.47. The molecule has 0 amide bonds. The largest absolute Gasteiger partial charge is 0.395 e. The topological polar surface area (TPSA) is 52.7 Å². The van der Waals surface area contributed by atoms with Crippen molar-refractivity contribution in [2.45, 2.75) is 12.8 Å². The third kappa shape index (κ3) is 3.63. The molecule has 0 saturated carbocycles. The van der Waals surface area contributed by atoms with Gasteiger partial charge in [-0.2, -0.15) is 0 Å². The summed E-state index contributed by atoms with van der Waals surface area (Å²) in [6.45, 7) is 6.17. The second kappa shape index (κ2) is 7.17. The van der Waals surface area contributed by atoms with E-state index in [9.17, 15) is 4.39 Å². The lowest BCUT2D eigenvalue weighted by Crippen LogP contribution is -2.47. The summed E-state index contributed by atoms with van der Waals surface area (Å²) in [5.41, 5.74) is 1.43. The van der Waals surface area contributed by atoms with E-state index in [0.717, 1.165) is 63.2 Å². The first kappa shape index (κ1) is 15.4. The summed E-state index contributed by atoms with van der Waals surface area (Å²) >= 11 is 0.